The summed E-state index contributed by atoms with van der Waals surface area (Å²) in [4.78, 5) is 53.7. The molecule has 0 amide bonds. The van der Waals surface area contributed by atoms with Gasteiger partial charge in [-0.15, -0.1) is 0 Å². The minimum atomic E-state index is -5.45. The van der Waals surface area contributed by atoms with Crippen LogP contribution in [0.25, 0.3) is 0 Å². The van der Waals surface area contributed by atoms with Crippen molar-refractivity contribution >= 4 is 21.0 Å². The van der Waals surface area contributed by atoms with Crippen LogP contribution in [0.1, 0.15) is 65.7 Å². The van der Waals surface area contributed by atoms with E-state index in [0.29, 0.717) is 5.56 Å². The molecule has 0 aliphatic carbocycles. The second-order valence-corrected chi connectivity index (χ2v) is 13.6. The Balaban J connectivity index is 4.31. The Labute approximate surface area is 186 Å². The number of hydrogen-bond acceptors (Lipinski definition) is 3. The van der Waals surface area contributed by atoms with Gasteiger partial charge in [0.1, 0.15) is 0 Å². The van der Waals surface area contributed by atoms with E-state index in [0.717, 1.165) is 0 Å². The maximum absolute atomic E-state index is 13.9. The molecule has 0 bridgehead atoms. The molecule has 0 fully saturated rings. The van der Waals surface area contributed by atoms with Crippen molar-refractivity contribution in [1.29, 1.82) is 0 Å². The van der Waals surface area contributed by atoms with E-state index in [2.05, 4.69) is 0 Å². The van der Waals surface area contributed by atoms with Gasteiger partial charge in [0, 0.05) is 16.9 Å². The lowest BCUT2D eigenvalue weighted by Gasteiger charge is -2.60. The van der Waals surface area contributed by atoms with E-state index in [4.69, 9.17) is 0 Å². The molecule has 9 heteroatoms. The van der Waals surface area contributed by atoms with Crippen molar-refractivity contribution in [3.8, 4) is 0 Å². The lowest BCUT2D eigenvalue weighted by atomic mass is 9.53. The molecule has 1 aromatic rings. The molecule has 1 aromatic carbocycles. The SMILES string of the molecule is CC(C)C(C(=O)c1ccccc1)C(C(C)C)(C(C)C)C(C(C)C)(P(=O)(O)O)P(=O)(O)O. The van der Waals surface area contributed by atoms with Gasteiger partial charge in [-0.2, -0.15) is 0 Å². The quantitative estimate of drug-likeness (QED) is 0.271. The molecule has 1 atom stereocenters. The minimum absolute atomic E-state index is 0.348. The van der Waals surface area contributed by atoms with Crippen LogP contribution in [0.5, 0.6) is 0 Å². The smallest absolute Gasteiger partial charge is 0.324 e. The summed E-state index contributed by atoms with van der Waals surface area (Å²) in [6.45, 7) is 13.1. The third-order valence-electron chi connectivity index (χ3n) is 6.76. The van der Waals surface area contributed by atoms with Crippen molar-refractivity contribution in [2.45, 2.75) is 60.3 Å². The van der Waals surface area contributed by atoms with Gasteiger partial charge in [-0.1, -0.05) is 85.7 Å². The fourth-order valence-electron chi connectivity index (χ4n) is 6.16. The molecule has 0 saturated heterocycles. The Bertz CT molecular complexity index is 820. The van der Waals surface area contributed by atoms with Crippen LogP contribution < -0.4 is 0 Å². The Morgan fingerprint density at radius 1 is 0.742 bits per heavy atom. The molecule has 7 nitrogen and oxygen atoms in total. The topological polar surface area (TPSA) is 132 Å². The number of hydrogen-bond donors (Lipinski definition) is 4. The Morgan fingerprint density at radius 2 is 1.13 bits per heavy atom. The Morgan fingerprint density at radius 3 is 1.39 bits per heavy atom. The molecule has 0 aromatic heterocycles. The number of benzene rings is 1. The van der Waals surface area contributed by atoms with Crippen molar-refractivity contribution in [3.63, 3.8) is 0 Å². The van der Waals surface area contributed by atoms with Gasteiger partial charge in [0.2, 0.25) is 0 Å². The summed E-state index contributed by atoms with van der Waals surface area (Å²) < 4.78 is 26.3. The molecule has 0 radical (unpaired) electrons. The summed E-state index contributed by atoms with van der Waals surface area (Å²) in [6, 6.07) is 8.38. The standard InChI is InChI=1S/C22H38O7P2/c1-14(2)19(20(23)18-12-10-9-11-13-18)21(15(3)4,16(5)6)22(17(7)8,30(24,25)26)31(27,28)29/h9-17,19H,1-8H3,(H2,24,25,26)(H2,27,28,29). The summed E-state index contributed by atoms with van der Waals surface area (Å²) in [5.74, 6) is -4.22. The first kappa shape index (κ1) is 28.2. The van der Waals surface area contributed by atoms with Gasteiger partial charge in [0.15, 0.2) is 10.7 Å². The number of Topliss-reactive ketones (excluding diaryl/α,β-unsaturated/α-hetero) is 1. The summed E-state index contributed by atoms with van der Waals surface area (Å²) in [6.07, 6.45) is 0. The molecular weight excluding hydrogens is 438 g/mol. The highest BCUT2D eigenvalue weighted by molar-refractivity contribution is 7.72. The fraction of sp³-hybridized carbons (Fsp3) is 0.682. The van der Waals surface area contributed by atoms with Crippen LogP contribution in [0.3, 0.4) is 0 Å². The molecule has 0 spiro atoms. The maximum atomic E-state index is 13.9. The molecule has 0 heterocycles. The third kappa shape index (κ3) is 4.38. The van der Waals surface area contributed by atoms with Gasteiger partial charge >= 0.3 is 15.2 Å². The highest BCUT2D eigenvalue weighted by Crippen LogP contribution is 2.82. The zero-order valence-corrected chi connectivity index (χ0v) is 21.5. The van der Waals surface area contributed by atoms with Gasteiger partial charge in [0.05, 0.1) is 0 Å². The highest BCUT2D eigenvalue weighted by atomic mass is 31.2. The van der Waals surface area contributed by atoms with Crippen LogP contribution in [0, 0.1) is 35.0 Å². The van der Waals surface area contributed by atoms with E-state index >= 15 is 0 Å². The second-order valence-electron chi connectivity index (χ2n) is 9.66. The third-order valence-corrected chi connectivity index (χ3v) is 11.9. The monoisotopic (exact) mass is 476 g/mol. The first-order valence-corrected chi connectivity index (χ1v) is 13.8. The van der Waals surface area contributed by atoms with Crippen molar-refractivity contribution in [3.05, 3.63) is 35.9 Å². The largest absolute Gasteiger partial charge is 0.344 e. The molecule has 1 rings (SSSR count). The zero-order chi connectivity index (χ0) is 24.6. The lowest BCUT2D eigenvalue weighted by molar-refractivity contribution is -0.0293. The second kappa shape index (κ2) is 9.59. The fourth-order valence-corrected chi connectivity index (χ4v) is 11.2. The zero-order valence-electron chi connectivity index (χ0n) is 19.7. The molecule has 0 saturated carbocycles. The number of rotatable bonds is 10. The first-order chi connectivity index (χ1) is 13.9. The van der Waals surface area contributed by atoms with Crippen LogP contribution in [0.15, 0.2) is 30.3 Å². The van der Waals surface area contributed by atoms with Crippen LogP contribution in [0.2, 0.25) is 0 Å². The van der Waals surface area contributed by atoms with Gasteiger partial charge < -0.3 is 19.6 Å². The summed E-state index contributed by atoms with van der Waals surface area (Å²) in [5.41, 5.74) is -1.36. The molecular formula is C22H38O7P2. The van der Waals surface area contributed by atoms with E-state index < -0.39 is 55.1 Å². The predicted molar refractivity (Wildman–Crippen MR) is 123 cm³/mol. The number of ketones is 1. The van der Waals surface area contributed by atoms with Gasteiger partial charge in [-0.3, -0.25) is 13.9 Å². The average molecular weight is 476 g/mol. The van der Waals surface area contributed by atoms with Crippen LogP contribution >= 0.6 is 15.2 Å². The average Bonchev–Trinajstić information content (AvgIpc) is 2.58. The molecule has 1 unspecified atom stereocenters. The summed E-state index contributed by atoms with van der Waals surface area (Å²) in [7, 11) is -10.9. The maximum Gasteiger partial charge on any atom is 0.344 e. The minimum Gasteiger partial charge on any atom is -0.324 e. The Hall–Kier alpha value is -0.810. The summed E-state index contributed by atoms with van der Waals surface area (Å²) in [5, 5.41) is 0. The predicted octanol–water partition coefficient (Wildman–Crippen LogP) is 5.15. The van der Waals surface area contributed by atoms with E-state index in [-0.39, 0.29) is 5.78 Å². The van der Waals surface area contributed by atoms with E-state index in [1.807, 2.05) is 0 Å². The van der Waals surface area contributed by atoms with Gasteiger partial charge in [0.25, 0.3) is 0 Å². The van der Waals surface area contributed by atoms with Crippen molar-refractivity contribution in [1.82, 2.24) is 0 Å². The summed E-state index contributed by atoms with van der Waals surface area (Å²) >= 11 is 0. The van der Waals surface area contributed by atoms with Crippen molar-refractivity contribution < 1.29 is 33.5 Å². The van der Waals surface area contributed by atoms with E-state index in [1.54, 1.807) is 71.9 Å². The van der Waals surface area contributed by atoms with E-state index in [1.165, 1.54) is 13.8 Å². The van der Waals surface area contributed by atoms with Gasteiger partial charge in [-0.05, 0) is 23.7 Å². The molecule has 4 N–H and O–H groups in total. The normalized spacial score (nSPS) is 15.2. The van der Waals surface area contributed by atoms with Crippen LogP contribution in [0.4, 0.5) is 0 Å². The van der Waals surface area contributed by atoms with Crippen molar-refractivity contribution in [2.24, 2.45) is 35.0 Å². The van der Waals surface area contributed by atoms with E-state index in [9.17, 15) is 33.5 Å². The molecule has 178 valence electrons. The van der Waals surface area contributed by atoms with Gasteiger partial charge in [-0.25, -0.2) is 0 Å². The molecule has 0 aliphatic rings. The van der Waals surface area contributed by atoms with Crippen LogP contribution in [-0.4, -0.2) is 30.3 Å². The van der Waals surface area contributed by atoms with Crippen molar-refractivity contribution in [2.75, 3.05) is 0 Å². The molecule has 0 aliphatic heterocycles. The Kier molecular flexibility index (Phi) is 8.73. The van der Waals surface area contributed by atoms with Crippen LogP contribution in [-0.2, 0) is 9.13 Å². The number of carbonyl (C=O) groups excluding carboxylic acids is 1. The molecule has 31 heavy (non-hydrogen) atoms. The highest BCUT2D eigenvalue weighted by Gasteiger charge is 2.77. The number of carbonyl (C=O) groups is 1. The first-order valence-electron chi connectivity index (χ1n) is 10.6. The lowest BCUT2D eigenvalue weighted by Crippen LogP contribution is -2.63.